The van der Waals surface area contributed by atoms with Gasteiger partial charge in [-0.2, -0.15) is 4.98 Å². The zero-order valence-electron chi connectivity index (χ0n) is 17.7. The van der Waals surface area contributed by atoms with Gasteiger partial charge in [0.2, 0.25) is 5.95 Å². The van der Waals surface area contributed by atoms with Gasteiger partial charge in [0, 0.05) is 18.7 Å². The normalized spacial score (nSPS) is 17.3. The Morgan fingerprint density at radius 1 is 1.00 bits per heavy atom. The Balaban J connectivity index is 1.51. The molecule has 1 saturated heterocycles. The summed E-state index contributed by atoms with van der Waals surface area (Å²) in [4.78, 5) is 15.9. The second-order valence-electron chi connectivity index (χ2n) is 7.96. The Kier molecular flexibility index (Phi) is 5.46. The second kappa shape index (κ2) is 8.55. The van der Waals surface area contributed by atoms with E-state index in [9.17, 15) is 0 Å². The predicted molar refractivity (Wildman–Crippen MR) is 120 cm³/mol. The van der Waals surface area contributed by atoms with Crippen LogP contribution >= 0.6 is 0 Å². The molecule has 0 bridgehead atoms. The van der Waals surface area contributed by atoms with Crippen LogP contribution in [0.5, 0.6) is 11.5 Å². The molecular weight excluding hydrogens is 394 g/mol. The number of fused-ring (bicyclic) bond motifs is 1. The summed E-state index contributed by atoms with van der Waals surface area (Å²) in [6, 6.07) is 9.86. The molecule has 3 aromatic rings. The summed E-state index contributed by atoms with van der Waals surface area (Å²) >= 11 is 0. The van der Waals surface area contributed by atoms with E-state index in [0.717, 1.165) is 59.8 Å². The lowest BCUT2D eigenvalue weighted by Crippen LogP contribution is -2.37. The van der Waals surface area contributed by atoms with E-state index in [1.807, 2.05) is 30.3 Å². The Bertz CT molecular complexity index is 1080. The molecular formula is C23H27N5O3. The summed E-state index contributed by atoms with van der Waals surface area (Å²) < 4.78 is 17.3. The van der Waals surface area contributed by atoms with E-state index in [-0.39, 0.29) is 12.1 Å². The minimum Gasteiger partial charge on any atom is -0.493 e. The predicted octanol–water partition coefficient (Wildman–Crippen LogP) is 3.44. The number of nitrogen functional groups attached to an aromatic ring is 1. The van der Waals surface area contributed by atoms with Crippen LogP contribution in [0, 0.1) is 0 Å². The van der Waals surface area contributed by atoms with Crippen LogP contribution in [0.1, 0.15) is 25.7 Å². The second-order valence-corrected chi connectivity index (χ2v) is 7.96. The Morgan fingerprint density at radius 3 is 2.58 bits per heavy atom. The van der Waals surface area contributed by atoms with E-state index < -0.39 is 0 Å². The molecule has 5 rings (SSSR count). The highest BCUT2D eigenvalue weighted by Gasteiger charge is 2.20. The van der Waals surface area contributed by atoms with Crippen molar-refractivity contribution in [1.82, 2.24) is 15.0 Å². The third-order valence-corrected chi connectivity index (χ3v) is 5.91. The minimum absolute atomic E-state index is 0.249. The van der Waals surface area contributed by atoms with Gasteiger partial charge in [0.15, 0.2) is 17.3 Å². The van der Waals surface area contributed by atoms with E-state index in [1.165, 1.54) is 12.8 Å². The first kappa shape index (κ1) is 19.8. The molecule has 2 fully saturated rings. The fourth-order valence-corrected chi connectivity index (χ4v) is 4.28. The van der Waals surface area contributed by atoms with Crippen molar-refractivity contribution >= 4 is 22.8 Å². The molecule has 0 amide bonds. The van der Waals surface area contributed by atoms with Gasteiger partial charge in [-0.3, -0.25) is 0 Å². The number of ether oxygens (including phenoxy) is 3. The van der Waals surface area contributed by atoms with Crippen molar-refractivity contribution in [3.05, 3.63) is 30.3 Å². The molecule has 2 N–H and O–H groups in total. The topological polar surface area (TPSA) is 95.6 Å². The summed E-state index contributed by atoms with van der Waals surface area (Å²) in [5.74, 6) is 2.50. The molecule has 1 aliphatic carbocycles. The molecule has 3 heterocycles. The molecule has 2 aromatic heterocycles. The maximum absolute atomic E-state index is 6.17. The molecule has 0 unspecified atom stereocenters. The van der Waals surface area contributed by atoms with Crippen LogP contribution in [0.4, 0.5) is 11.8 Å². The van der Waals surface area contributed by atoms with Crippen molar-refractivity contribution in [3.8, 4) is 22.8 Å². The first-order chi connectivity index (χ1) is 15.2. The summed E-state index contributed by atoms with van der Waals surface area (Å²) in [5.41, 5.74) is 9.19. The summed E-state index contributed by atoms with van der Waals surface area (Å²) in [6.45, 7) is 2.81. The van der Waals surface area contributed by atoms with E-state index in [0.29, 0.717) is 19.0 Å². The Morgan fingerprint density at radius 2 is 1.81 bits per heavy atom. The molecule has 1 saturated carbocycles. The third-order valence-electron chi connectivity index (χ3n) is 5.91. The van der Waals surface area contributed by atoms with Crippen molar-refractivity contribution in [2.45, 2.75) is 31.8 Å². The number of methoxy groups -OCH3 is 1. The maximum Gasteiger partial charge on any atom is 0.222 e. The molecule has 2 aliphatic rings. The highest BCUT2D eigenvalue weighted by molar-refractivity contribution is 5.88. The fraction of sp³-hybridized carbons (Fsp3) is 0.435. The summed E-state index contributed by atoms with van der Waals surface area (Å²) in [6.07, 6.45) is 4.93. The molecule has 0 atom stereocenters. The fourth-order valence-electron chi connectivity index (χ4n) is 4.28. The standard InChI is InChI=1S/C23H27N5O3/c1-29-20-14-15(6-9-19(20)31-16-4-2-3-5-16)17-7-8-18-21(25-17)22(27-23(24)26-18)28-10-12-30-13-11-28/h6-9,14,16H,2-5,10-13H2,1H3,(H2,24,26,27). The number of nitrogens with zero attached hydrogens (tertiary/aromatic N) is 4. The highest BCUT2D eigenvalue weighted by atomic mass is 16.5. The number of rotatable bonds is 5. The van der Waals surface area contributed by atoms with Gasteiger partial charge in [0.05, 0.1) is 37.6 Å². The molecule has 0 spiro atoms. The molecule has 1 aliphatic heterocycles. The lowest BCUT2D eigenvalue weighted by Gasteiger charge is -2.28. The van der Waals surface area contributed by atoms with Crippen molar-refractivity contribution in [1.29, 1.82) is 0 Å². The van der Waals surface area contributed by atoms with Gasteiger partial charge in [-0.25, -0.2) is 9.97 Å². The molecule has 31 heavy (non-hydrogen) atoms. The minimum atomic E-state index is 0.249. The van der Waals surface area contributed by atoms with Crippen molar-refractivity contribution in [2.24, 2.45) is 0 Å². The molecule has 162 valence electrons. The lowest BCUT2D eigenvalue weighted by molar-refractivity contribution is 0.122. The number of benzene rings is 1. The first-order valence-electron chi connectivity index (χ1n) is 10.8. The van der Waals surface area contributed by atoms with Gasteiger partial charge < -0.3 is 24.8 Å². The first-order valence-corrected chi connectivity index (χ1v) is 10.8. The van der Waals surface area contributed by atoms with E-state index in [1.54, 1.807) is 7.11 Å². The van der Waals surface area contributed by atoms with Crippen LogP contribution in [-0.2, 0) is 4.74 Å². The largest absolute Gasteiger partial charge is 0.493 e. The Labute approximate surface area is 181 Å². The smallest absolute Gasteiger partial charge is 0.222 e. The van der Waals surface area contributed by atoms with Gasteiger partial charge in [-0.15, -0.1) is 0 Å². The monoisotopic (exact) mass is 421 g/mol. The van der Waals surface area contributed by atoms with Gasteiger partial charge >= 0.3 is 0 Å². The summed E-state index contributed by atoms with van der Waals surface area (Å²) in [5, 5.41) is 0. The van der Waals surface area contributed by atoms with Gasteiger partial charge in [-0.1, -0.05) is 0 Å². The average molecular weight is 422 g/mol. The lowest BCUT2D eigenvalue weighted by atomic mass is 10.1. The maximum atomic E-state index is 6.17. The van der Waals surface area contributed by atoms with E-state index >= 15 is 0 Å². The van der Waals surface area contributed by atoms with E-state index in [4.69, 9.17) is 24.9 Å². The SMILES string of the molecule is COc1cc(-c2ccc3nc(N)nc(N4CCOCC4)c3n2)ccc1OC1CCCC1. The number of anilines is 2. The van der Waals surface area contributed by atoms with Crippen LogP contribution in [0.3, 0.4) is 0 Å². The number of pyridine rings is 1. The van der Waals surface area contributed by atoms with E-state index in [2.05, 4.69) is 14.9 Å². The number of nitrogens with two attached hydrogens (primary N) is 1. The number of hydrogen-bond donors (Lipinski definition) is 1. The zero-order chi connectivity index (χ0) is 21.2. The van der Waals surface area contributed by atoms with Crippen LogP contribution < -0.4 is 20.1 Å². The van der Waals surface area contributed by atoms with Crippen LogP contribution in [0.15, 0.2) is 30.3 Å². The van der Waals surface area contributed by atoms with Crippen molar-refractivity contribution < 1.29 is 14.2 Å². The van der Waals surface area contributed by atoms with Crippen LogP contribution in [0.25, 0.3) is 22.3 Å². The molecule has 0 radical (unpaired) electrons. The van der Waals surface area contributed by atoms with Crippen molar-refractivity contribution in [2.75, 3.05) is 44.0 Å². The van der Waals surface area contributed by atoms with Gasteiger partial charge in [0.25, 0.3) is 0 Å². The quantitative estimate of drug-likeness (QED) is 0.669. The van der Waals surface area contributed by atoms with Gasteiger partial charge in [0.1, 0.15) is 5.52 Å². The van der Waals surface area contributed by atoms with Crippen LogP contribution in [-0.4, -0.2) is 54.5 Å². The average Bonchev–Trinajstić information content (AvgIpc) is 3.32. The van der Waals surface area contributed by atoms with Crippen molar-refractivity contribution in [3.63, 3.8) is 0 Å². The molecule has 1 aromatic carbocycles. The highest BCUT2D eigenvalue weighted by Crippen LogP contribution is 2.35. The van der Waals surface area contributed by atoms with Crippen LogP contribution in [0.2, 0.25) is 0 Å². The Hall–Kier alpha value is -3.13. The third kappa shape index (κ3) is 4.07. The number of hydrogen-bond acceptors (Lipinski definition) is 8. The van der Waals surface area contributed by atoms with Gasteiger partial charge in [-0.05, 0) is 56.0 Å². The number of aromatic nitrogens is 3. The summed E-state index contributed by atoms with van der Waals surface area (Å²) in [7, 11) is 1.67. The molecule has 8 heteroatoms. The molecule has 8 nitrogen and oxygen atoms in total. The number of morpholine rings is 1. The zero-order valence-corrected chi connectivity index (χ0v) is 17.7.